The predicted octanol–water partition coefficient (Wildman–Crippen LogP) is 3.85. The average Bonchev–Trinajstić information content (AvgIpc) is 3.03. The maximum atomic E-state index is 12.9. The van der Waals surface area contributed by atoms with Crippen molar-refractivity contribution in [2.45, 2.75) is 33.0 Å². The van der Waals surface area contributed by atoms with Crippen molar-refractivity contribution >= 4 is 38.2 Å². The maximum absolute atomic E-state index is 12.9. The lowest BCUT2D eigenvalue weighted by Gasteiger charge is -2.28. The number of fused-ring (bicyclic) bond motifs is 3. The predicted molar refractivity (Wildman–Crippen MR) is 110 cm³/mol. The lowest BCUT2D eigenvalue weighted by atomic mass is 10.0. The molecule has 3 N–H and O–H groups in total. The molecule has 0 bridgehead atoms. The summed E-state index contributed by atoms with van der Waals surface area (Å²) in [5.74, 6) is 0.417. The molecule has 0 aliphatic carbocycles. The van der Waals surface area contributed by atoms with Gasteiger partial charge in [0.25, 0.3) is 5.91 Å². The van der Waals surface area contributed by atoms with Crippen LogP contribution >= 0.6 is 27.3 Å². The lowest BCUT2D eigenvalue weighted by molar-refractivity contribution is 0.0934. The van der Waals surface area contributed by atoms with Crippen molar-refractivity contribution in [3.8, 4) is 11.5 Å². The summed E-state index contributed by atoms with van der Waals surface area (Å²) >= 11 is 5.04. The van der Waals surface area contributed by atoms with Crippen molar-refractivity contribution in [3.05, 3.63) is 38.2 Å². The van der Waals surface area contributed by atoms with E-state index < -0.39 is 0 Å². The van der Waals surface area contributed by atoms with E-state index in [1.807, 2.05) is 6.92 Å². The Morgan fingerprint density at radius 1 is 1.37 bits per heavy atom. The second-order valence-corrected chi connectivity index (χ2v) is 8.62. The number of anilines is 1. The molecule has 0 saturated heterocycles. The molecule has 0 saturated carbocycles. The first-order valence-electron chi connectivity index (χ1n) is 9.11. The van der Waals surface area contributed by atoms with Gasteiger partial charge in [-0.3, -0.25) is 9.69 Å². The van der Waals surface area contributed by atoms with Crippen LogP contribution < -0.4 is 15.4 Å². The molecule has 0 radical (unpaired) electrons. The highest BCUT2D eigenvalue weighted by Crippen LogP contribution is 2.42. The molecule has 27 heavy (non-hydrogen) atoms. The van der Waals surface area contributed by atoms with Crippen LogP contribution in [0.5, 0.6) is 11.5 Å². The molecule has 3 heterocycles. The van der Waals surface area contributed by atoms with Gasteiger partial charge in [0.05, 0.1) is 16.6 Å². The van der Waals surface area contributed by atoms with Gasteiger partial charge in [0.15, 0.2) is 11.5 Å². The SMILES string of the molecule is CCOc1cc(C2NC(=O)c3c(sc4c3CCN(CC)C4)N2)cc(Br)c1O. The number of hydrogen-bond acceptors (Lipinski definition) is 6. The van der Waals surface area contributed by atoms with Crippen molar-refractivity contribution in [2.75, 3.05) is 25.0 Å². The first-order chi connectivity index (χ1) is 13.0. The number of likely N-dealkylation sites (N-methyl/N-ethyl adjacent to an activating group) is 1. The number of thiophene rings is 1. The van der Waals surface area contributed by atoms with Crippen LogP contribution in [0.15, 0.2) is 16.6 Å². The number of benzene rings is 1. The smallest absolute Gasteiger partial charge is 0.256 e. The van der Waals surface area contributed by atoms with Crippen molar-refractivity contribution < 1.29 is 14.6 Å². The van der Waals surface area contributed by atoms with E-state index >= 15 is 0 Å². The van der Waals surface area contributed by atoms with Gasteiger partial charge in [-0.05, 0) is 59.1 Å². The molecule has 4 rings (SSSR count). The fourth-order valence-electron chi connectivity index (χ4n) is 3.63. The highest BCUT2D eigenvalue weighted by atomic mass is 79.9. The molecule has 144 valence electrons. The molecule has 2 aliphatic rings. The van der Waals surface area contributed by atoms with Crippen LogP contribution in [0.3, 0.4) is 0 Å². The minimum atomic E-state index is -0.372. The van der Waals surface area contributed by atoms with Crippen molar-refractivity contribution in [1.82, 2.24) is 10.2 Å². The third kappa shape index (κ3) is 3.30. The number of phenols is 1. The van der Waals surface area contributed by atoms with E-state index in [0.717, 1.165) is 42.2 Å². The molecule has 2 aliphatic heterocycles. The van der Waals surface area contributed by atoms with Gasteiger partial charge < -0.3 is 20.5 Å². The monoisotopic (exact) mass is 451 g/mol. The van der Waals surface area contributed by atoms with Gasteiger partial charge in [-0.15, -0.1) is 11.3 Å². The van der Waals surface area contributed by atoms with E-state index in [1.54, 1.807) is 23.5 Å². The van der Waals surface area contributed by atoms with Crippen molar-refractivity contribution in [1.29, 1.82) is 0 Å². The fourth-order valence-corrected chi connectivity index (χ4v) is 5.41. The second kappa shape index (κ2) is 7.33. The van der Waals surface area contributed by atoms with Crippen LogP contribution in [0.1, 0.15) is 46.4 Å². The van der Waals surface area contributed by atoms with Gasteiger partial charge >= 0.3 is 0 Å². The molecular weight excluding hydrogens is 430 g/mol. The van der Waals surface area contributed by atoms with E-state index in [4.69, 9.17) is 4.74 Å². The Kier molecular flexibility index (Phi) is 5.05. The zero-order chi connectivity index (χ0) is 19.1. The Morgan fingerprint density at radius 2 is 2.19 bits per heavy atom. The molecular formula is C19H22BrN3O3S. The van der Waals surface area contributed by atoms with E-state index in [2.05, 4.69) is 38.4 Å². The Labute approximate surface area is 170 Å². The molecule has 1 amide bonds. The summed E-state index contributed by atoms with van der Waals surface area (Å²) in [4.78, 5) is 16.5. The third-order valence-corrected chi connectivity index (χ3v) is 6.80. The Balaban J connectivity index is 1.67. The highest BCUT2D eigenvalue weighted by Gasteiger charge is 2.33. The first-order valence-corrected chi connectivity index (χ1v) is 10.7. The first kappa shape index (κ1) is 18.6. The number of carbonyl (C=O) groups excluding carboxylic acids is 1. The third-order valence-electron chi connectivity index (χ3n) is 5.05. The maximum Gasteiger partial charge on any atom is 0.256 e. The molecule has 2 aromatic rings. The number of amides is 1. The topological polar surface area (TPSA) is 73.8 Å². The second-order valence-electron chi connectivity index (χ2n) is 6.66. The van der Waals surface area contributed by atoms with Crippen LogP contribution in [0.25, 0.3) is 0 Å². The normalized spacial score (nSPS) is 19.1. The van der Waals surface area contributed by atoms with Gasteiger partial charge in [0.1, 0.15) is 11.2 Å². The number of carbonyl (C=O) groups is 1. The number of halogens is 1. The van der Waals surface area contributed by atoms with Gasteiger partial charge in [-0.1, -0.05) is 6.92 Å². The van der Waals surface area contributed by atoms with E-state index in [0.29, 0.717) is 16.8 Å². The summed E-state index contributed by atoms with van der Waals surface area (Å²) in [5, 5.41) is 17.6. The summed E-state index contributed by atoms with van der Waals surface area (Å²) in [6, 6.07) is 3.56. The van der Waals surface area contributed by atoms with Crippen LogP contribution in [0.4, 0.5) is 5.00 Å². The zero-order valence-electron chi connectivity index (χ0n) is 15.3. The van der Waals surface area contributed by atoms with Gasteiger partial charge in [-0.25, -0.2) is 0 Å². The molecule has 1 unspecified atom stereocenters. The molecule has 0 fully saturated rings. The van der Waals surface area contributed by atoms with E-state index in [-0.39, 0.29) is 17.8 Å². The molecule has 1 aromatic heterocycles. The minimum absolute atomic E-state index is 0.0432. The summed E-state index contributed by atoms with van der Waals surface area (Å²) < 4.78 is 6.05. The molecule has 1 aromatic carbocycles. The number of hydrogen-bond donors (Lipinski definition) is 3. The number of nitrogens with one attached hydrogen (secondary N) is 2. The summed E-state index contributed by atoms with van der Waals surface area (Å²) in [7, 11) is 0. The van der Waals surface area contributed by atoms with Crippen LogP contribution in [-0.2, 0) is 13.0 Å². The van der Waals surface area contributed by atoms with Crippen molar-refractivity contribution in [2.24, 2.45) is 0 Å². The van der Waals surface area contributed by atoms with Crippen LogP contribution in [0.2, 0.25) is 0 Å². The number of phenolic OH excluding ortho intramolecular Hbond substituents is 1. The lowest BCUT2D eigenvalue weighted by Crippen LogP contribution is -2.38. The van der Waals surface area contributed by atoms with E-state index in [1.165, 1.54) is 10.4 Å². The zero-order valence-corrected chi connectivity index (χ0v) is 17.7. The Hall–Kier alpha value is -1.77. The average molecular weight is 452 g/mol. The molecule has 1 atom stereocenters. The van der Waals surface area contributed by atoms with Gasteiger partial charge in [-0.2, -0.15) is 0 Å². The van der Waals surface area contributed by atoms with Crippen LogP contribution in [0, 0.1) is 0 Å². The van der Waals surface area contributed by atoms with Gasteiger partial charge in [0.2, 0.25) is 0 Å². The summed E-state index contributed by atoms with van der Waals surface area (Å²) in [5.41, 5.74) is 2.80. The number of nitrogens with zero attached hydrogens (tertiary/aromatic N) is 1. The van der Waals surface area contributed by atoms with Crippen LogP contribution in [-0.4, -0.2) is 35.6 Å². The molecule has 6 nitrogen and oxygen atoms in total. The Morgan fingerprint density at radius 3 is 2.93 bits per heavy atom. The van der Waals surface area contributed by atoms with Gasteiger partial charge in [0, 0.05) is 18.0 Å². The summed E-state index contributed by atoms with van der Waals surface area (Å²) in [6.07, 6.45) is 0.539. The highest BCUT2D eigenvalue weighted by molar-refractivity contribution is 9.10. The molecule has 0 spiro atoms. The minimum Gasteiger partial charge on any atom is -0.503 e. The van der Waals surface area contributed by atoms with E-state index in [9.17, 15) is 9.90 Å². The Bertz CT molecular complexity index is 899. The summed E-state index contributed by atoms with van der Waals surface area (Å²) in [6.45, 7) is 7.39. The standard InChI is InChI=1S/C19H22BrN3O3S/c1-3-23-6-5-11-14(9-23)27-19-15(11)18(25)21-17(22-19)10-7-12(20)16(24)13(8-10)26-4-2/h7-8,17,22,24H,3-6,9H2,1-2H3,(H,21,25). The quantitative estimate of drug-likeness (QED) is 0.658. The number of aromatic hydroxyl groups is 1. The fraction of sp³-hybridized carbons (Fsp3) is 0.421. The largest absolute Gasteiger partial charge is 0.503 e. The number of ether oxygens (including phenoxy) is 1. The van der Waals surface area contributed by atoms with Crippen molar-refractivity contribution in [3.63, 3.8) is 0 Å². The molecule has 8 heteroatoms. The number of rotatable bonds is 4.